The molecule has 0 aliphatic heterocycles. The molecule has 2 rings (SSSR count). The van der Waals surface area contributed by atoms with Crippen LogP contribution in [0.2, 0.25) is 0 Å². The van der Waals surface area contributed by atoms with Crippen LogP contribution >= 0.6 is 0 Å². The highest BCUT2D eigenvalue weighted by Gasteiger charge is 2.07. The molecule has 23 heavy (non-hydrogen) atoms. The number of ether oxygens (including phenoxy) is 1. The van der Waals surface area contributed by atoms with E-state index in [1.54, 1.807) is 24.3 Å². The Bertz CT molecular complexity index is 705. The molecule has 2 aromatic rings. The molecule has 0 saturated heterocycles. The number of carbonyl (C=O) groups excluding carboxylic acids is 2. The number of anilines is 1. The molecule has 0 aromatic heterocycles. The van der Waals surface area contributed by atoms with E-state index in [1.807, 2.05) is 39.0 Å². The van der Waals surface area contributed by atoms with Crippen molar-refractivity contribution in [2.24, 2.45) is 0 Å². The van der Waals surface area contributed by atoms with Gasteiger partial charge in [0.15, 0.2) is 12.4 Å². The van der Waals surface area contributed by atoms with Crippen molar-refractivity contribution in [1.29, 1.82) is 0 Å². The summed E-state index contributed by atoms with van der Waals surface area (Å²) in [5, 5.41) is 2.84. The second-order valence-corrected chi connectivity index (χ2v) is 5.46. The van der Waals surface area contributed by atoms with E-state index in [2.05, 4.69) is 5.32 Å². The van der Waals surface area contributed by atoms with Crippen LogP contribution in [0.15, 0.2) is 42.5 Å². The molecule has 0 bridgehead atoms. The molecule has 0 fully saturated rings. The van der Waals surface area contributed by atoms with E-state index in [0.29, 0.717) is 17.7 Å². The van der Waals surface area contributed by atoms with Crippen molar-refractivity contribution in [3.8, 4) is 5.75 Å². The number of amides is 1. The van der Waals surface area contributed by atoms with Crippen LogP contribution < -0.4 is 10.1 Å². The molecule has 120 valence electrons. The van der Waals surface area contributed by atoms with Gasteiger partial charge in [0.2, 0.25) is 0 Å². The van der Waals surface area contributed by atoms with Crippen LogP contribution in [0.3, 0.4) is 0 Å². The van der Waals surface area contributed by atoms with Crippen molar-refractivity contribution in [2.45, 2.75) is 27.2 Å². The van der Waals surface area contributed by atoms with Crippen molar-refractivity contribution in [3.63, 3.8) is 0 Å². The highest BCUT2D eigenvalue weighted by molar-refractivity contribution is 5.96. The summed E-state index contributed by atoms with van der Waals surface area (Å²) < 4.78 is 5.46. The Morgan fingerprint density at radius 1 is 1.04 bits per heavy atom. The quantitative estimate of drug-likeness (QED) is 0.823. The second-order valence-electron chi connectivity index (χ2n) is 5.46. The van der Waals surface area contributed by atoms with Crippen LogP contribution in [0.4, 0.5) is 5.69 Å². The molecule has 0 radical (unpaired) electrons. The first-order valence-electron chi connectivity index (χ1n) is 7.62. The summed E-state index contributed by atoms with van der Waals surface area (Å²) in [7, 11) is 0. The number of nitrogens with one attached hydrogen (secondary N) is 1. The maximum atomic E-state index is 12.0. The Morgan fingerprint density at radius 2 is 1.74 bits per heavy atom. The fourth-order valence-electron chi connectivity index (χ4n) is 2.15. The van der Waals surface area contributed by atoms with Gasteiger partial charge in [0.1, 0.15) is 5.75 Å². The van der Waals surface area contributed by atoms with Gasteiger partial charge in [-0.15, -0.1) is 0 Å². The zero-order valence-electron chi connectivity index (χ0n) is 13.7. The zero-order chi connectivity index (χ0) is 16.8. The summed E-state index contributed by atoms with van der Waals surface area (Å²) in [6, 6.07) is 12.7. The minimum Gasteiger partial charge on any atom is -0.484 e. The number of carbonyl (C=O) groups is 2. The number of Topliss-reactive ketones (excluding diaryl/α,β-unsaturated/α-hetero) is 1. The van der Waals surface area contributed by atoms with Gasteiger partial charge in [0.25, 0.3) is 5.91 Å². The van der Waals surface area contributed by atoms with E-state index >= 15 is 0 Å². The van der Waals surface area contributed by atoms with Crippen LogP contribution in [0, 0.1) is 13.8 Å². The Balaban J connectivity index is 1.91. The number of rotatable bonds is 6. The summed E-state index contributed by atoms with van der Waals surface area (Å²) in [6.45, 7) is 5.67. The molecular weight excluding hydrogens is 290 g/mol. The van der Waals surface area contributed by atoms with E-state index < -0.39 is 0 Å². The topological polar surface area (TPSA) is 55.4 Å². The predicted octanol–water partition coefficient (Wildman–Crippen LogP) is 3.91. The molecule has 0 atom stereocenters. The maximum absolute atomic E-state index is 12.0. The zero-order valence-corrected chi connectivity index (χ0v) is 13.7. The van der Waals surface area contributed by atoms with Gasteiger partial charge in [0.05, 0.1) is 0 Å². The summed E-state index contributed by atoms with van der Waals surface area (Å²) in [5.74, 6) is 0.436. The monoisotopic (exact) mass is 311 g/mol. The fourth-order valence-corrected chi connectivity index (χ4v) is 2.15. The normalized spacial score (nSPS) is 10.2. The molecule has 0 spiro atoms. The van der Waals surface area contributed by atoms with Crippen LogP contribution in [-0.4, -0.2) is 18.3 Å². The lowest BCUT2D eigenvalue weighted by Gasteiger charge is -2.10. The van der Waals surface area contributed by atoms with Gasteiger partial charge in [-0.3, -0.25) is 9.59 Å². The third-order valence-electron chi connectivity index (χ3n) is 3.53. The number of hydrogen-bond acceptors (Lipinski definition) is 3. The van der Waals surface area contributed by atoms with Crippen LogP contribution in [-0.2, 0) is 4.79 Å². The highest BCUT2D eigenvalue weighted by atomic mass is 16.5. The van der Waals surface area contributed by atoms with E-state index in [-0.39, 0.29) is 18.3 Å². The first-order valence-corrected chi connectivity index (χ1v) is 7.62. The average molecular weight is 311 g/mol. The Kier molecular flexibility index (Phi) is 5.52. The Hall–Kier alpha value is -2.62. The molecule has 0 heterocycles. The minimum atomic E-state index is -0.215. The third-order valence-corrected chi connectivity index (χ3v) is 3.53. The van der Waals surface area contributed by atoms with Gasteiger partial charge in [-0.2, -0.15) is 0 Å². The van der Waals surface area contributed by atoms with E-state index in [9.17, 15) is 9.59 Å². The molecule has 2 aromatic carbocycles. The lowest BCUT2D eigenvalue weighted by molar-refractivity contribution is -0.118. The molecule has 0 saturated carbocycles. The summed E-state index contributed by atoms with van der Waals surface area (Å²) >= 11 is 0. The lowest BCUT2D eigenvalue weighted by atomic mass is 10.1. The van der Waals surface area contributed by atoms with E-state index in [1.165, 1.54) is 0 Å². The molecule has 0 aliphatic carbocycles. The molecule has 0 unspecified atom stereocenters. The van der Waals surface area contributed by atoms with Gasteiger partial charge in [-0.25, -0.2) is 0 Å². The van der Waals surface area contributed by atoms with Crippen LogP contribution in [0.1, 0.15) is 34.8 Å². The number of benzene rings is 2. The summed E-state index contributed by atoms with van der Waals surface area (Å²) in [5.41, 5.74) is 3.54. The van der Waals surface area contributed by atoms with Crippen molar-refractivity contribution in [3.05, 3.63) is 59.2 Å². The average Bonchev–Trinajstić information content (AvgIpc) is 2.56. The van der Waals surface area contributed by atoms with Crippen molar-refractivity contribution in [1.82, 2.24) is 0 Å². The highest BCUT2D eigenvalue weighted by Crippen LogP contribution is 2.17. The predicted molar refractivity (Wildman–Crippen MR) is 91.1 cm³/mol. The molecular formula is C19H21NO3. The molecule has 1 amide bonds. The first kappa shape index (κ1) is 16.7. The SMILES string of the molecule is CCC(=O)c1ccc(OCC(=O)Nc2cc(C)ccc2C)cc1. The first-order chi connectivity index (χ1) is 11.0. The van der Waals surface area contributed by atoms with Crippen molar-refractivity contribution < 1.29 is 14.3 Å². The number of ketones is 1. The molecule has 0 aliphatic rings. The van der Waals surface area contributed by atoms with Gasteiger partial charge < -0.3 is 10.1 Å². The minimum absolute atomic E-state index is 0.0749. The largest absolute Gasteiger partial charge is 0.484 e. The van der Waals surface area contributed by atoms with E-state index in [4.69, 9.17) is 4.74 Å². The van der Waals surface area contributed by atoms with Crippen LogP contribution in [0.25, 0.3) is 0 Å². The number of hydrogen-bond donors (Lipinski definition) is 1. The van der Waals surface area contributed by atoms with Gasteiger partial charge in [0, 0.05) is 17.7 Å². The molecule has 1 N–H and O–H groups in total. The maximum Gasteiger partial charge on any atom is 0.262 e. The van der Waals surface area contributed by atoms with Gasteiger partial charge in [-0.1, -0.05) is 19.1 Å². The Labute approximate surface area is 136 Å². The lowest BCUT2D eigenvalue weighted by Crippen LogP contribution is -2.20. The van der Waals surface area contributed by atoms with Gasteiger partial charge >= 0.3 is 0 Å². The molecule has 4 nitrogen and oxygen atoms in total. The fraction of sp³-hybridized carbons (Fsp3) is 0.263. The standard InChI is InChI=1S/C19H21NO3/c1-4-18(21)15-7-9-16(10-8-15)23-12-19(22)20-17-11-13(2)5-6-14(17)3/h5-11H,4,12H2,1-3H3,(H,20,22). The third kappa shape index (κ3) is 4.68. The van der Waals surface area contributed by atoms with Crippen molar-refractivity contribution >= 4 is 17.4 Å². The van der Waals surface area contributed by atoms with Crippen LogP contribution in [0.5, 0.6) is 5.75 Å². The van der Waals surface area contributed by atoms with Gasteiger partial charge in [-0.05, 0) is 55.3 Å². The van der Waals surface area contributed by atoms with Crippen molar-refractivity contribution in [2.75, 3.05) is 11.9 Å². The smallest absolute Gasteiger partial charge is 0.262 e. The summed E-state index contributed by atoms with van der Waals surface area (Å²) in [4.78, 5) is 23.5. The number of aryl methyl sites for hydroxylation is 2. The Morgan fingerprint density at radius 3 is 2.39 bits per heavy atom. The molecule has 4 heteroatoms. The van der Waals surface area contributed by atoms with E-state index in [0.717, 1.165) is 16.8 Å². The second kappa shape index (κ2) is 7.58. The summed E-state index contributed by atoms with van der Waals surface area (Å²) in [6.07, 6.45) is 0.471.